The second-order valence-electron chi connectivity index (χ2n) is 8.09. The third kappa shape index (κ3) is 3.87. The van der Waals surface area contributed by atoms with Gasteiger partial charge in [-0.15, -0.1) is 11.3 Å². The highest BCUT2D eigenvalue weighted by Crippen LogP contribution is 2.46. The number of hydrogen-bond acceptors (Lipinski definition) is 5. The number of nitrogens with zero attached hydrogens (tertiary/aromatic N) is 1. The average Bonchev–Trinajstić information content (AvgIpc) is 3.13. The van der Waals surface area contributed by atoms with Gasteiger partial charge in [0.15, 0.2) is 4.75 Å². The van der Waals surface area contributed by atoms with Crippen molar-refractivity contribution in [3.63, 3.8) is 0 Å². The summed E-state index contributed by atoms with van der Waals surface area (Å²) in [7, 11) is 1.69. The molecule has 1 aliphatic carbocycles. The molecule has 31 heavy (non-hydrogen) atoms. The molecule has 0 saturated heterocycles. The fraction of sp³-hybridized carbons (Fsp3) is 0.435. The SMILES string of the molecule is CCCNC(=O)c1c(NC(=O)C2(C)Sc3ccccc3N(C)C2=O)sc2c1CCCC2. The Morgan fingerprint density at radius 3 is 2.71 bits per heavy atom. The zero-order valence-corrected chi connectivity index (χ0v) is 19.7. The number of thiophene rings is 1. The van der Waals surface area contributed by atoms with Crippen molar-refractivity contribution in [1.29, 1.82) is 0 Å². The number of aryl methyl sites for hydroxylation is 1. The van der Waals surface area contributed by atoms with Gasteiger partial charge in [-0.3, -0.25) is 14.4 Å². The molecular formula is C23H27N3O3S2. The summed E-state index contributed by atoms with van der Waals surface area (Å²) in [5.41, 5.74) is 2.43. The van der Waals surface area contributed by atoms with Crippen LogP contribution in [-0.2, 0) is 22.4 Å². The predicted molar refractivity (Wildman–Crippen MR) is 126 cm³/mol. The van der Waals surface area contributed by atoms with E-state index >= 15 is 0 Å². The van der Waals surface area contributed by atoms with Gasteiger partial charge in [-0.1, -0.05) is 30.8 Å². The lowest BCUT2D eigenvalue weighted by Gasteiger charge is -2.36. The molecule has 0 radical (unpaired) electrons. The molecule has 0 bridgehead atoms. The quantitative estimate of drug-likeness (QED) is 0.659. The van der Waals surface area contributed by atoms with Gasteiger partial charge in [0.05, 0.1) is 11.3 Å². The Hall–Kier alpha value is -2.32. The lowest BCUT2D eigenvalue weighted by molar-refractivity contribution is -0.128. The van der Waals surface area contributed by atoms with Crippen molar-refractivity contribution < 1.29 is 14.4 Å². The van der Waals surface area contributed by atoms with E-state index in [9.17, 15) is 14.4 Å². The minimum Gasteiger partial charge on any atom is -0.352 e. The molecule has 3 amide bonds. The van der Waals surface area contributed by atoms with Crippen molar-refractivity contribution in [3.8, 4) is 0 Å². The van der Waals surface area contributed by atoms with Crippen LogP contribution >= 0.6 is 23.1 Å². The van der Waals surface area contributed by atoms with Crippen molar-refractivity contribution in [2.75, 3.05) is 23.8 Å². The van der Waals surface area contributed by atoms with Crippen molar-refractivity contribution >= 4 is 51.5 Å². The average molecular weight is 458 g/mol. The summed E-state index contributed by atoms with van der Waals surface area (Å²) >= 11 is 2.74. The van der Waals surface area contributed by atoms with Crippen molar-refractivity contribution in [2.45, 2.75) is 55.6 Å². The van der Waals surface area contributed by atoms with Crippen LogP contribution in [0.1, 0.15) is 53.9 Å². The van der Waals surface area contributed by atoms with Crippen molar-refractivity contribution in [1.82, 2.24) is 5.32 Å². The van der Waals surface area contributed by atoms with Crippen molar-refractivity contribution in [2.24, 2.45) is 0 Å². The summed E-state index contributed by atoms with van der Waals surface area (Å²) in [4.78, 5) is 43.1. The number of nitrogens with one attached hydrogen (secondary N) is 2. The molecule has 0 fully saturated rings. The molecule has 2 heterocycles. The van der Waals surface area contributed by atoms with Gasteiger partial charge >= 0.3 is 0 Å². The molecule has 1 aromatic heterocycles. The number of benzene rings is 1. The van der Waals surface area contributed by atoms with Crippen LogP contribution in [0.2, 0.25) is 0 Å². The van der Waals surface area contributed by atoms with E-state index in [1.54, 1.807) is 18.9 Å². The van der Waals surface area contributed by atoms with E-state index in [-0.39, 0.29) is 11.8 Å². The summed E-state index contributed by atoms with van der Waals surface area (Å²) in [6.07, 6.45) is 4.74. The predicted octanol–water partition coefficient (Wildman–Crippen LogP) is 4.23. The Bertz CT molecular complexity index is 1050. The minimum atomic E-state index is -1.31. The van der Waals surface area contributed by atoms with Crippen LogP contribution in [0.15, 0.2) is 29.2 Å². The Morgan fingerprint density at radius 1 is 1.19 bits per heavy atom. The second kappa shape index (κ2) is 8.67. The van der Waals surface area contributed by atoms with E-state index in [0.717, 1.165) is 48.3 Å². The van der Waals surface area contributed by atoms with Crippen LogP contribution in [0.4, 0.5) is 10.7 Å². The minimum absolute atomic E-state index is 0.146. The third-order valence-electron chi connectivity index (χ3n) is 5.85. The molecule has 0 spiro atoms. The summed E-state index contributed by atoms with van der Waals surface area (Å²) in [5, 5.41) is 6.48. The number of amides is 3. The van der Waals surface area contributed by atoms with Crippen LogP contribution in [0.3, 0.4) is 0 Å². The Kier molecular flexibility index (Phi) is 6.12. The number of rotatable bonds is 5. The van der Waals surface area contributed by atoms with Gasteiger partial charge in [0.2, 0.25) is 0 Å². The van der Waals surface area contributed by atoms with Crippen LogP contribution in [0.5, 0.6) is 0 Å². The summed E-state index contributed by atoms with van der Waals surface area (Å²) in [6.45, 7) is 4.25. The summed E-state index contributed by atoms with van der Waals surface area (Å²) in [6, 6.07) is 7.57. The number of anilines is 2. The van der Waals surface area contributed by atoms with E-state index in [0.29, 0.717) is 17.1 Å². The van der Waals surface area contributed by atoms with Gasteiger partial charge in [-0.05, 0) is 56.7 Å². The highest BCUT2D eigenvalue weighted by molar-refractivity contribution is 8.02. The molecular weight excluding hydrogens is 430 g/mol. The highest BCUT2D eigenvalue weighted by Gasteiger charge is 2.48. The number of carbonyl (C=O) groups is 3. The molecule has 4 rings (SSSR count). The van der Waals surface area contributed by atoms with E-state index in [1.165, 1.54) is 28.0 Å². The molecule has 1 aliphatic heterocycles. The zero-order chi connectivity index (χ0) is 22.2. The molecule has 1 atom stereocenters. The van der Waals surface area contributed by atoms with E-state index in [4.69, 9.17) is 0 Å². The molecule has 6 nitrogen and oxygen atoms in total. The fourth-order valence-corrected chi connectivity index (χ4v) is 6.65. The smallest absolute Gasteiger partial charge is 0.254 e. The molecule has 2 N–H and O–H groups in total. The maximum Gasteiger partial charge on any atom is 0.254 e. The Labute approximate surface area is 190 Å². The first-order chi connectivity index (χ1) is 14.9. The number of thioether (sulfide) groups is 1. The molecule has 1 aromatic carbocycles. The van der Waals surface area contributed by atoms with Crippen LogP contribution in [0.25, 0.3) is 0 Å². The van der Waals surface area contributed by atoms with Crippen LogP contribution in [0, 0.1) is 0 Å². The molecule has 1 unspecified atom stereocenters. The van der Waals surface area contributed by atoms with Crippen LogP contribution < -0.4 is 15.5 Å². The van der Waals surface area contributed by atoms with Crippen molar-refractivity contribution in [3.05, 3.63) is 40.3 Å². The zero-order valence-electron chi connectivity index (χ0n) is 18.0. The lowest BCUT2D eigenvalue weighted by atomic mass is 9.95. The largest absolute Gasteiger partial charge is 0.352 e. The number of fused-ring (bicyclic) bond motifs is 2. The maximum absolute atomic E-state index is 13.5. The first-order valence-electron chi connectivity index (χ1n) is 10.7. The normalized spacial score (nSPS) is 20.1. The number of carbonyl (C=O) groups excluding carboxylic acids is 3. The molecule has 2 aromatic rings. The summed E-state index contributed by atoms with van der Waals surface area (Å²) in [5.74, 6) is -0.814. The van der Waals surface area contributed by atoms with Gasteiger partial charge in [-0.2, -0.15) is 0 Å². The molecule has 2 aliphatic rings. The van der Waals surface area contributed by atoms with Gasteiger partial charge < -0.3 is 15.5 Å². The van der Waals surface area contributed by atoms with Gasteiger partial charge in [0, 0.05) is 23.4 Å². The van der Waals surface area contributed by atoms with E-state index in [1.807, 2.05) is 31.2 Å². The Balaban J connectivity index is 1.66. The first-order valence-corrected chi connectivity index (χ1v) is 12.3. The van der Waals surface area contributed by atoms with E-state index < -0.39 is 10.7 Å². The summed E-state index contributed by atoms with van der Waals surface area (Å²) < 4.78 is -1.31. The maximum atomic E-state index is 13.5. The Morgan fingerprint density at radius 2 is 1.94 bits per heavy atom. The van der Waals surface area contributed by atoms with E-state index in [2.05, 4.69) is 10.6 Å². The second-order valence-corrected chi connectivity index (χ2v) is 10.7. The topological polar surface area (TPSA) is 78.5 Å². The molecule has 164 valence electrons. The molecule has 0 saturated carbocycles. The third-order valence-corrected chi connectivity index (χ3v) is 8.39. The molecule has 8 heteroatoms. The van der Waals surface area contributed by atoms with Gasteiger partial charge in [0.1, 0.15) is 5.00 Å². The lowest BCUT2D eigenvalue weighted by Crippen LogP contribution is -2.53. The fourth-order valence-electron chi connectivity index (χ4n) is 4.10. The monoisotopic (exact) mass is 457 g/mol. The number of hydrogen-bond donors (Lipinski definition) is 2. The van der Waals surface area contributed by atoms with Crippen LogP contribution in [-0.4, -0.2) is 36.1 Å². The van der Waals surface area contributed by atoms with Gasteiger partial charge in [0.25, 0.3) is 17.7 Å². The number of para-hydroxylation sites is 1. The first kappa shape index (κ1) is 21.9. The van der Waals surface area contributed by atoms with Gasteiger partial charge in [-0.25, -0.2) is 0 Å². The standard InChI is InChI=1S/C23H27N3O3S2/c1-4-13-24-19(27)18-14-9-5-7-11-16(14)30-20(18)25-21(28)23(2)22(29)26(3)15-10-6-8-12-17(15)31-23/h6,8,10,12H,4-5,7,9,11,13H2,1-3H3,(H,24,27)(H,25,28). The highest BCUT2D eigenvalue weighted by atomic mass is 32.2.